The van der Waals surface area contributed by atoms with Crippen LogP contribution in [0.3, 0.4) is 0 Å². The number of carbonyl (C=O) groups excluding carboxylic acids is 1. The van der Waals surface area contributed by atoms with E-state index in [4.69, 9.17) is 9.47 Å². The standard InChI is InChI=1S/C18H30N6O3S/c25-17(13-28-18-20-21-22-24(18)15-3-1-2-4-15)19-11-16(14-5-8-27-12-14)23-6-9-26-10-7-23/h14-16H,1-13H2,(H,19,25). The van der Waals surface area contributed by atoms with Crippen LogP contribution in [0.5, 0.6) is 0 Å². The minimum atomic E-state index is 0.0307. The Labute approximate surface area is 169 Å². The SMILES string of the molecule is O=C(CSc1nnnn1C1CCCC1)NCC(C1CCOC1)N1CCOCC1. The first-order valence-electron chi connectivity index (χ1n) is 10.4. The van der Waals surface area contributed by atoms with Gasteiger partial charge in [-0.05, 0) is 29.7 Å². The molecule has 2 unspecified atom stereocenters. The number of carbonyl (C=O) groups is 1. The van der Waals surface area contributed by atoms with Crippen LogP contribution < -0.4 is 5.32 Å². The maximum absolute atomic E-state index is 12.5. The van der Waals surface area contributed by atoms with Crippen molar-refractivity contribution in [2.24, 2.45) is 5.92 Å². The molecule has 0 aromatic carbocycles. The van der Waals surface area contributed by atoms with Crippen LogP contribution in [0.25, 0.3) is 0 Å². The van der Waals surface area contributed by atoms with E-state index in [9.17, 15) is 4.79 Å². The first kappa shape index (κ1) is 20.1. The molecule has 3 heterocycles. The zero-order chi connectivity index (χ0) is 19.2. The molecule has 1 saturated carbocycles. The number of hydrogen-bond donors (Lipinski definition) is 1. The Hall–Kier alpha value is -1.23. The molecule has 0 spiro atoms. The summed E-state index contributed by atoms with van der Waals surface area (Å²) < 4.78 is 13.0. The monoisotopic (exact) mass is 410 g/mol. The summed E-state index contributed by atoms with van der Waals surface area (Å²) in [4.78, 5) is 14.9. The highest BCUT2D eigenvalue weighted by Gasteiger charge is 2.31. The minimum Gasteiger partial charge on any atom is -0.381 e. The van der Waals surface area contributed by atoms with Gasteiger partial charge in [-0.25, -0.2) is 4.68 Å². The third-order valence-corrected chi connectivity index (χ3v) is 6.93. The number of rotatable bonds is 8. The fraction of sp³-hybridized carbons (Fsp3) is 0.889. The fourth-order valence-corrected chi connectivity index (χ4v) is 5.19. The molecule has 156 valence electrons. The lowest BCUT2D eigenvalue weighted by Crippen LogP contribution is -2.52. The van der Waals surface area contributed by atoms with Crippen molar-refractivity contribution in [2.75, 3.05) is 51.8 Å². The summed E-state index contributed by atoms with van der Waals surface area (Å²) in [7, 11) is 0. The van der Waals surface area contributed by atoms with Gasteiger partial charge in [-0.1, -0.05) is 24.6 Å². The Kier molecular flexibility index (Phi) is 7.16. The molecule has 1 aliphatic carbocycles. The van der Waals surface area contributed by atoms with E-state index in [-0.39, 0.29) is 5.91 Å². The van der Waals surface area contributed by atoms with E-state index >= 15 is 0 Å². The quantitative estimate of drug-likeness (QED) is 0.627. The lowest BCUT2D eigenvalue weighted by molar-refractivity contribution is -0.119. The van der Waals surface area contributed by atoms with Crippen LogP contribution in [0.4, 0.5) is 0 Å². The average Bonchev–Trinajstić information content (AvgIpc) is 3.49. The summed E-state index contributed by atoms with van der Waals surface area (Å²) in [5.74, 6) is 0.841. The molecule has 3 fully saturated rings. The molecule has 2 saturated heterocycles. The molecule has 10 heteroatoms. The summed E-state index contributed by atoms with van der Waals surface area (Å²) in [5, 5.41) is 15.9. The molecule has 28 heavy (non-hydrogen) atoms. The molecule has 1 aromatic heterocycles. The number of aromatic nitrogens is 4. The van der Waals surface area contributed by atoms with E-state index in [2.05, 4.69) is 25.7 Å². The van der Waals surface area contributed by atoms with E-state index in [1.54, 1.807) is 0 Å². The average molecular weight is 411 g/mol. The van der Waals surface area contributed by atoms with Gasteiger partial charge in [0.1, 0.15) is 0 Å². The fourth-order valence-electron chi connectivity index (χ4n) is 4.42. The van der Waals surface area contributed by atoms with Crippen molar-refractivity contribution in [3.63, 3.8) is 0 Å². The third-order valence-electron chi connectivity index (χ3n) is 6.00. The topological polar surface area (TPSA) is 94.4 Å². The van der Waals surface area contributed by atoms with Crippen LogP contribution >= 0.6 is 11.8 Å². The van der Waals surface area contributed by atoms with E-state index in [0.717, 1.165) is 63.9 Å². The van der Waals surface area contributed by atoms with E-state index < -0.39 is 0 Å². The van der Waals surface area contributed by atoms with Crippen molar-refractivity contribution in [2.45, 2.75) is 49.3 Å². The van der Waals surface area contributed by atoms with Gasteiger partial charge >= 0.3 is 0 Å². The minimum absolute atomic E-state index is 0.0307. The predicted octanol–water partition coefficient (Wildman–Crippen LogP) is 0.734. The first-order chi connectivity index (χ1) is 13.8. The number of thioether (sulfide) groups is 1. The Morgan fingerprint density at radius 3 is 2.75 bits per heavy atom. The summed E-state index contributed by atoms with van der Waals surface area (Å²) in [6, 6.07) is 0.692. The van der Waals surface area contributed by atoms with Crippen LogP contribution in [0, 0.1) is 5.92 Å². The van der Waals surface area contributed by atoms with Gasteiger partial charge in [0.15, 0.2) is 0 Å². The highest BCUT2D eigenvalue weighted by Crippen LogP contribution is 2.31. The van der Waals surface area contributed by atoms with Gasteiger partial charge in [-0.3, -0.25) is 9.69 Å². The molecule has 3 aliphatic rings. The number of ether oxygens (including phenoxy) is 2. The molecule has 4 rings (SSSR count). The number of nitrogens with zero attached hydrogens (tertiary/aromatic N) is 5. The van der Waals surface area contributed by atoms with Gasteiger partial charge in [-0.2, -0.15) is 0 Å². The van der Waals surface area contributed by atoms with Crippen molar-refractivity contribution in [3.8, 4) is 0 Å². The van der Waals surface area contributed by atoms with Crippen LogP contribution in [-0.4, -0.2) is 88.9 Å². The smallest absolute Gasteiger partial charge is 0.230 e. The summed E-state index contributed by atoms with van der Waals surface area (Å²) in [5.41, 5.74) is 0. The van der Waals surface area contributed by atoms with Gasteiger partial charge in [0.2, 0.25) is 11.1 Å². The zero-order valence-electron chi connectivity index (χ0n) is 16.3. The molecule has 9 nitrogen and oxygen atoms in total. The molecule has 0 bridgehead atoms. The van der Waals surface area contributed by atoms with Crippen LogP contribution in [0.15, 0.2) is 5.16 Å². The molecular weight excluding hydrogens is 380 g/mol. The van der Waals surface area contributed by atoms with Gasteiger partial charge in [0.25, 0.3) is 0 Å². The maximum atomic E-state index is 12.5. The number of amides is 1. The predicted molar refractivity (Wildman–Crippen MR) is 104 cm³/mol. The summed E-state index contributed by atoms with van der Waals surface area (Å²) in [6.45, 7) is 5.61. The zero-order valence-corrected chi connectivity index (χ0v) is 17.1. The molecule has 0 radical (unpaired) electrons. The second kappa shape index (κ2) is 10.00. The Bertz CT molecular complexity index is 627. The highest BCUT2D eigenvalue weighted by molar-refractivity contribution is 7.99. The number of nitrogens with one attached hydrogen (secondary N) is 1. The van der Waals surface area contributed by atoms with Crippen molar-refractivity contribution >= 4 is 17.7 Å². The van der Waals surface area contributed by atoms with E-state index in [1.807, 2.05) is 4.68 Å². The molecule has 2 aliphatic heterocycles. The lowest BCUT2D eigenvalue weighted by atomic mass is 9.97. The molecule has 1 amide bonds. The Balaban J connectivity index is 1.27. The van der Waals surface area contributed by atoms with Crippen molar-refractivity contribution in [1.82, 2.24) is 30.4 Å². The molecular formula is C18H30N6O3S. The van der Waals surface area contributed by atoms with Crippen LogP contribution in [0.1, 0.15) is 38.1 Å². The van der Waals surface area contributed by atoms with Crippen molar-refractivity contribution in [1.29, 1.82) is 0 Å². The lowest BCUT2D eigenvalue weighted by Gasteiger charge is -2.37. The van der Waals surface area contributed by atoms with Gasteiger partial charge in [-0.15, -0.1) is 5.10 Å². The first-order valence-corrected chi connectivity index (χ1v) is 11.4. The van der Waals surface area contributed by atoms with Crippen molar-refractivity contribution < 1.29 is 14.3 Å². The van der Waals surface area contributed by atoms with Gasteiger partial charge < -0.3 is 14.8 Å². The molecule has 1 N–H and O–H groups in total. The van der Waals surface area contributed by atoms with Gasteiger partial charge in [0, 0.05) is 38.2 Å². The van der Waals surface area contributed by atoms with Crippen LogP contribution in [0.2, 0.25) is 0 Å². The molecule has 2 atom stereocenters. The number of tetrazole rings is 1. The summed E-state index contributed by atoms with van der Waals surface area (Å²) in [6.07, 6.45) is 5.75. The number of morpholine rings is 1. The van der Waals surface area contributed by atoms with E-state index in [0.29, 0.717) is 30.3 Å². The van der Waals surface area contributed by atoms with Gasteiger partial charge in [0.05, 0.1) is 31.6 Å². The second-order valence-electron chi connectivity index (χ2n) is 7.78. The van der Waals surface area contributed by atoms with E-state index in [1.165, 1.54) is 24.6 Å². The summed E-state index contributed by atoms with van der Waals surface area (Å²) >= 11 is 1.42. The normalized spacial score (nSPS) is 25.2. The number of hydrogen-bond acceptors (Lipinski definition) is 8. The maximum Gasteiger partial charge on any atom is 0.230 e. The second-order valence-corrected chi connectivity index (χ2v) is 8.72. The van der Waals surface area contributed by atoms with Crippen LogP contribution in [-0.2, 0) is 14.3 Å². The third kappa shape index (κ3) is 5.03. The highest BCUT2D eigenvalue weighted by atomic mass is 32.2. The largest absolute Gasteiger partial charge is 0.381 e. The Morgan fingerprint density at radius 2 is 2.00 bits per heavy atom. The molecule has 1 aromatic rings. The van der Waals surface area contributed by atoms with Crippen molar-refractivity contribution in [3.05, 3.63) is 0 Å². The Morgan fingerprint density at radius 1 is 1.18 bits per heavy atom.